The maximum Gasteiger partial charge on any atom is 0.307 e. The molecular weight excluding hydrogens is 406 g/mol. The van der Waals surface area contributed by atoms with E-state index in [1.54, 1.807) is 31.2 Å². The topological polar surface area (TPSA) is 105 Å². The summed E-state index contributed by atoms with van der Waals surface area (Å²) in [5.74, 6) is -0.785. The number of methoxy groups -OCH3 is 1. The fraction of sp³-hybridized carbons (Fsp3) is 0.211. The molecule has 2 aromatic carbocycles. The number of carbonyl (C=O) groups excluding carboxylic acids is 1. The highest BCUT2D eigenvalue weighted by atomic mass is 35.5. The zero-order valence-electron chi connectivity index (χ0n) is 15.0. The van der Waals surface area contributed by atoms with Crippen molar-refractivity contribution in [2.24, 2.45) is 5.73 Å². The molecule has 3 aromatic rings. The molecule has 0 aliphatic heterocycles. The number of aromatic nitrogens is 2. The van der Waals surface area contributed by atoms with Crippen LogP contribution in [0.5, 0.6) is 0 Å². The fourth-order valence-corrected chi connectivity index (χ4v) is 3.26. The normalized spacial score (nSPS) is 12.7. The number of carbonyl (C=O) groups is 1. The summed E-state index contributed by atoms with van der Waals surface area (Å²) in [6, 6.07) is 9.97. The van der Waals surface area contributed by atoms with Crippen LogP contribution in [0.3, 0.4) is 0 Å². The van der Waals surface area contributed by atoms with Gasteiger partial charge in [-0.2, -0.15) is 5.26 Å². The van der Waals surface area contributed by atoms with Gasteiger partial charge in [-0.25, -0.2) is 9.37 Å². The first kappa shape index (κ1) is 21.6. The minimum atomic E-state index is -1.23. The van der Waals surface area contributed by atoms with Gasteiger partial charge in [-0.05, 0) is 30.7 Å². The van der Waals surface area contributed by atoms with Crippen molar-refractivity contribution in [3.8, 4) is 17.5 Å². The summed E-state index contributed by atoms with van der Waals surface area (Å²) < 4.78 is 19.3. The van der Waals surface area contributed by atoms with Crippen molar-refractivity contribution in [3.63, 3.8) is 0 Å². The number of H-pyrrole nitrogens is 1. The highest BCUT2D eigenvalue weighted by molar-refractivity contribution is 6.36. The summed E-state index contributed by atoms with van der Waals surface area (Å²) in [4.78, 5) is 18.9. The predicted octanol–water partition coefficient (Wildman–Crippen LogP) is 4.05. The average molecular weight is 423 g/mol. The number of nitrogens with zero attached hydrogens (tertiary/aromatic N) is 2. The number of nitriles is 1. The molecule has 0 saturated carbocycles. The molecule has 0 saturated heterocycles. The molecule has 9 heteroatoms. The molecule has 28 heavy (non-hydrogen) atoms. The van der Waals surface area contributed by atoms with E-state index in [0.29, 0.717) is 17.0 Å². The van der Waals surface area contributed by atoms with Crippen LogP contribution in [0.4, 0.5) is 4.39 Å². The molecule has 0 radical (unpaired) electrons. The molecule has 0 aliphatic rings. The van der Waals surface area contributed by atoms with Crippen molar-refractivity contribution in [2.45, 2.75) is 18.9 Å². The average Bonchev–Trinajstić information content (AvgIpc) is 3.10. The number of imidazole rings is 1. The van der Waals surface area contributed by atoms with Crippen LogP contribution in [0, 0.1) is 17.1 Å². The Morgan fingerprint density at radius 3 is 2.82 bits per heavy atom. The SMILES string of the molecule is COC(=O)C[C@](C)(N)c1cc(F)c2nc(-c3cccc(C#N)c3)[nH]c2c1Cl.Cl. The van der Waals surface area contributed by atoms with Crippen molar-refractivity contribution in [1.82, 2.24) is 9.97 Å². The lowest BCUT2D eigenvalue weighted by Gasteiger charge is -2.25. The first-order valence-electron chi connectivity index (χ1n) is 8.01. The first-order valence-corrected chi connectivity index (χ1v) is 8.39. The van der Waals surface area contributed by atoms with E-state index >= 15 is 0 Å². The highest BCUT2D eigenvalue weighted by Gasteiger charge is 2.30. The number of ether oxygens (including phenoxy) is 1. The van der Waals surface area contributed by atoms with Gasteiger partial charge in [-0.3, -0.25) is 4.79 Å². The van der Waals surface area contributed by atoms with Crippen LogP contribution >= 0.6 is 24.0 Å². The Kier molecular flexibility index (Phi) is 6.30. The van der Waals surface area contributed by atoms with Gasteiger partial charge in [-0.15, -0.1) is 12.4 Å². The number of rotatable bonds is 4. The first-order chi connectivity index (χ1) is 12.8. The van der Waals surface area contributed by atoms with E-state index in [1.807, 2.05) is 6.07 Å². The van der Waals surface area contributed by atoms with Crippen LogP contribution in [0.1, 0.15) is 24.5 Å². The van der Waals surface area contributed by atoms with Crippen LogP contribution in [-0.4, -0.2) is 23.0 Å². The predicted molar refractivity (Wildman–Crippen MR) is 107 cm³/mol. The third kappa shape index (κ3) is 3.94. The summed E-state index contributed by atoms with van der Waals surface area (Å²) in [6.45, 7) is 1.57. The Labute approximate surface area is 171 Å². The molecule has 0 amide bonds. The van der Waals surface area contributed by atoms with Crippen molar-refractivity contribution in [3.05, 3.63) is 52.3 Å². The van der Waals surface area contributed by atoms with Gasteiger partial charge in [0.25, 0.3) is 0 Å². The quantitative estimate of drug-likeness (QED) is 0.616. The van der Waals surface area contributed by atoms with Crippen molar-refractivity contribution < 1.29 is 13.9 Å². The zero-order chi connectivity index (χ0) is 19.8. The Balaban J connectivity index is 0.00000280. The monoisotopic (exact) mass is 422 g/mol. The molecule has 0 unspecified atom stereocenters. The number of nitrogens with one attached hydrogen (secondary N) is 1. The number of esters is 1. The maximum atomic E-state index is 14.7. The van der Waals surface area contributed by atoms with Crippen molar-refractivity contribution >= 4 is 41.0 Å². The molecule has 146 valence electrons. The van der Waals surface area contributed by atoms with Crippen LogP contribution in [0.25, 0.3) is 22.4 Å². The second-order valence-electron chi connectivity index (χ2n) is 6.39. The maximum absolute atomic E-state index is 14.7. The molecule has 0 bridgehead atoms. The van der Waals surface area contributed by atoms with Gasteiger partial charge >= 0.3 is 5.97 Å². The molecule has 1 aromatic heterocycles. The van der Waals surface area contributed by atoms with E-state index in [2.05, 4.69) is 14.7 Å². The van der Waals surface area contributed by atoms with Gasteiger partial charge < -0.3 is 15.5 Å². The Morgan fingerprint density at radius 1 is 1.46 bits per heavy atom. The van der Waals surface area contributed by atoms with Crippen molar-refractivity contribution in [1.29, 1.82) is 5.26 Å². The summed E-state index contributed by atoms with van der Waals surface area (Å²) >= 11 is 6.46. The number of hydrogen-bond donors (Lipinski definition) is 2. The number of aromatic amines is 1. The van der Waals surface area contributed by atoms with E-state index in [-0.39, 0.29) is 40.4 Å². The van der Waals surface area contributed by atoms with Crippen LogP contribution in [0.15, 0.2) is 30.3 Å². The second kappa shape index (κ2) is 8.15. The van der Waals surface area contributed by atoms with Crippen LogP contribution < -0.4 is 5.73 Å². The molecule has 0 spiro atoms. The van der Waals surface area contributed by atoms with Gasteiger partial charge in [0.1, 0.15) is 11.3 Å². The number of hydrogen-bond acceptors (Lipinski definition) is 5. The molecule has 1 atom stereocenters. The van der Waals surface area contributed by atoms with Crippen LogP contribution in [0.2, 0.25) is 5.02 Å². The van der Waals surface area contributed by atoms with E-state index in [1.165, 1.54) is 13.2 Å². The number of nitrogens with two attached hydrogens (primary N) is 1. The lowest BCUT2D eigenvalue weighted by atomic mass is 9.89. The molecule has 3 rings (SSSR count). The summed E-state index contributed by atoms with van der Waals surface area (Å²) in [6.07, 6.45) is -0.167. The summed E-state index contributed by atoms with van der Waals surface area (Å²) in [7, 11) is 1.25. The Morgan fingerprint density at radius 2 is 2.18 bits per heavy atom. The Bertz CT molecular complexity index is 1090. The van der Waals surface area contributed by atoms with Gasteiger partial charge in [0.05, 0.1) is 41.2 Å². The largest absolute Gasteiger partial charge is 0.469 e. The molecule has 3 N–H and O–H groups in total. The third-order valence-corrected chi connectivity index (χ3v) is 4.67. The van der Waals surface area contributed by atoms with Gasteiger partial charge in [0, 0.05) is 5.56 Å². The number of benzene rings is 2. The van der Waals surface area contributed by atoms with E-state index < -0.39 is 17.3 Å². The van der Waals surface area contributed by atoms with Gasteiger partial charge in [0.15, 0.2) is 5.82 Å². The zero-order valence-corrected chi connectivity index (χ0v) is 16.6. The van der Waals surface area contributed by atoms with E-state index in [4.69, 9.17) is 22.6 Å². The van der Waals surface area contributed by atoms with Crippen LogP contribution in [-0.2, 0) is 15.1 Å². The minimum absolute atomic E-state index is 0. The molecule has 0 aliphatic carbocycles. The smallest absolute Gasteiger partial charge is 0.307 e. The standard InChI is InChI=1S/C19H16ClFN4O2.ClH/c1-19(23,8-14(26)27-2)12-7-13(21)16-17(15(12)20)25-18(24-16)11-5-3-4-10(6-11)9-22;/h3-7H,8,23H2,1-2H3,(H,24,25);1H/t19-;/m0./s1. The van der Waals surface area contributed by atoms with Gasteiger partial charge in [-0.1, -0.05) is 23.7 Å². The Hall–Kier alpha value is -2.66. The molecule has 0 fully saturated rings. The number of halogens is 3. The summed E-state index contributed by atoms with van der Waals surface area (Å²) in [5.41, 5.74) is 6.63. The lowest BCUT2D eigenvalue weighted by molar-refractivity contribution is -0.141. The van der Waals surface area contributed by atoms with Gasteiger partial charge in [0.2, 0.25) is 0 Å². The lowest BCUT2D eigenvalue weighted by Crippen LogP contribution is -2.36. The molecule has 6 nitrogen and oxygen atoms in total. The fourth-order valence-electron chi connectivity index (χ4n) is 2.85. The molecular formula is C19H17Cl2FN4O2. The minimum Gasteiger partial charge on any atom is -0.469 e. The van der Waals surface area contributed by atoms with E-state index in [0.717, 1.165) is 0 Å². The summed E-state index contributed by atoms with van der Waals surface area (Å²) in [5, 5.41) is 9.22. The number of fused-ring (bicyclic) bond motifs is 1. The highest BCUT2D eigenvalue weighted by Crippen LogP contribution is 2.36. The van der Waals surface area contributed by atoms with E-state index in [9.17, 15) is 9.18 Å². The molecule has 1 heterocycles. The second-order valence-corrected chi connectivity index (χ2v) is 6.77. The van der Waals surface area contributed by atoms with Crippen molar-refractivity contribution in [2.75, 3.05) is 7.11 Å². The third-order valence-electron chi connectivity index (χ3n) is 4.28.